The first-order valence-corrected chi connectivity index (χ1v) is 8.34. The van der Waals surface area contributed by atoms with Crippen molar-refractivity contribution in [2.24, 2.45) is 5.92 Å². The summed E-state index contributed by atoms with van der Waals surface area (Å²) < 4.78 is 1.85. The minimum atomic E-state index is -0.521. The van der Waals surface area contributed by atoms with Crippen LogP contribution in [-0.2, 0) is 13.1 Å². The van der Waals surface area contributed by atoms with Crippen LogP contribution in [0.25, 0.3) is 0 Å². The number of aromatic nitrogens is 2. The number of hydrogen-bond acceptors (Lipinski definition) is 3. The molecule has 0 aliphatic rings. The normalized spacial score (nSPS) is 13.3. The number of nitrogens with one attached hydrogen (secondary N) is 2. The topological polar surface area (TPSA) is 79.2 Å². The highest BCUT2D eigenvalue weighted by Crippen LogP contribution is 2.10. The standard InChI is InChI=1S/C18H26N4O2/c1-3-14(2)17(23)12-20-18(24)19-11-15-7-4-5-8-16(15)13-22-10-6-9-21-22/h4-10,14,17,23H,3,11-13H2,1-2H3,(H2,19,20,24). The summed E-state index contributed by atoms with van der Waals surface area (Å²) in [6, 6.07) is 9.57. The molecule has 2 amide bonds. The third kappa shape index (κ3) is 5.38. The summed E-state index contributed by atoms with van der Waals surface area (Å²) in [7, 11) is 0. The number of benzene rings is 1. The van der Waals surface area contributed by atoms with Gasteiger partial charge in [-0.15, -0.1) is 0 Å². The lowest BCUT2D eigenvalue weighted by Crippen LogP contribution is -2.41. The fourth-order valence-electron chi connectivity index (χ4n) is 2.36. The minimum absolute atomic E-state index is 0.167. The van der Waals surface area contributed by atoms with Crippen LogP contribution >= 0.6 is 0 Å². The lowest BCUT2D eigenvalue weighted by atomic mass is 10.0. The Kier molecular flexibility index (Phi) is 6.81. The lowest BCUT2D eigenvalue weighted by Gasteiger charge is -2.18. The number of nitrogens with zero attached hydrogens (tertiary/aromatic N) is 2. The Morgan fingerprint density at radius 1 is 1.25 bits per heavy atom. The van der Waals surface area contributed by atoms with Gasteiger partial charge in [0.15, 0.2) is 0 Å². The van der Waals surface area contributed by atoms with Gasteiger partial charge in [0.1, 0.15) is 0 Å². The molecular formula is C18H26N4O2. The van der Waals surface area contributed by atoms with Crippen molar-refractivity contribution in [1.29, 1.82) is 0 Å². The first-order chi connectivity index (χ1) is 11.6. The SMILES string of the molecule is CCC(C)C(O)CNC(=O)NCc1ccccc1Cn1cccn1. The van der Waals surface area contributed by atoms with E-state index in [0.717, 1.165) is 17.5 Å². The molecule has 0 aliphatic heterocycles. The Hall–Kier alpha value is -2.34. The fraction of sp³-hybridized carbons (Fsp3) is 0.444. The number of hydrogen-bond donors (Lipinski definition) is 3. The molecule has 1 heterocycles. The van der Waals surface area contributed by atoms with Gasteiger partial charge in [-0.2, -0.15) is 5.10 Å². The summed E-state index contributed by atoms with van der Waals surface area (Å²) in [6.07, 6.45) is 4.02. The molecule has 1 aromatic carbocycles. The van der Waals surface area contributed by atoms with E-state index in [4.69, 9.17) is 0 Å². The zero-order valence-electron chi connectivity index (χ0n) is 14.3. The van der Waals surface area contributed by atoms with Crippen molar-refractivity contribution >= 4 is 6.03 Å². The van der Waals surface area contributed by atoms with Crippen molar-refractivity contribution in [1.82, 2.24) is 20.4 Å². The van der Waals surface area contributed by atoms with E-state index in [-0.39, 0.29) is 18.5 Å². The third-order valence-electron chi connectivity index (χ3n) is 4.22. The Labute approximate surface area is 142 Å². The molecule has 0 radical (unpaired) electrons. The summed E-state index contributed by atoms with van der Waals surface area (Å²) in [5.41, 5.74) is 2.16. The van der Waals surface area contributed by atoms with Gasteiger partial charge in [-0.3, -0.25) is 4.68 Å². The monoisotopic (exact) mass is 330 g/mol. The van der Waals surface area contributed by atoms with Crippen molar-refractivity contribution in [2.75, 3.05) is 6.54 Å². The minimum Gasteiger partial charge on any atom is -0.391 e. The fourth-order valence-corrected chi connectivity index (χ4v) is 2.36. The molecule has 0 saturated carbocycles. The summed E-state index contributed by atoms with van der Waals surface area (Å²) in [6.45, 7) is 5.35. The van der Waals surface area contributed by atoms with E-state index in [1.54, 1.807) is 6.20 Å². The molecular weight excluding hydrogens is 304 g/mol. The van der Waals surface area contributed by atoms with Crippen LogP contribution in [0.3, 0.4) is 0 Å². The zero-order valence-corrected chi connectivity index (χ0v) is 14.3. The maximum Gasteiger partial charge on any atom is 0.315 e. The summed E-state index contributed by atoms with van der Waals surface area (Å²) in [5, 5.41) is 19.7. The maximum atomic E-state index is 11.9. The van der Waals surface area contributed by atoms with Crippen LogP contribution in [0.1, 0.15) is 31.4 Å². The lowest BCUT2D eigenvalue weighted by molar-refractivity contribution is 0.114. The van der Waals surface area contributed by atoms with E-state index < -0.39 is 6.10 Å². The number of urea groups is 1. The Bertz CT molecular complexity index is 628. The van der Waals surface area contributed by atoms with Gasteiger partial charge in [0.25, 0.3) is 0 Å². The van der Waals surface area contributed by atoms with Crippen molar-refractivity contribution in [2.45, 2.75) is 39.5 Å². The number of carbonyl (C=O) groups is 1. The van der Waals surface area contributed by atoms with E-state index in [0.29, 0.717) is 13.1 Å². The molecule has 0 spiro atoms. The number of carbonyl (C=O) groups excluding carboxylic acids is 1. The third-order valence-corrected chi connectivity index (χ3v) is 4.22. The average Bonchev–Trinajstić information content (AvgIpc) is 3.11. The van der Waals surface area contributed by atoms with Gasteiger partial charge in [0, 0.05) is 25.5 Å². The second-order valence-corrected chi connectivity index (χ2v) is 5.99. The van der Waals surface area contributed by atoms with Gasteiger partial charge >= 0.3 is 6.03 Å². The van der Waals surface area contributed by atoms with Crippen LogP contribution in [0.4, 0.5) is 4.79 Å². The molecule has 3 N–H and O–H groups in total. The largest absolute Gasteiger partial charge is 0.391 e. The molecule has 2 unspecified atom stereocenters. The van der Waals surface area contributed by atoms with Gasteiger partial charge in [-0.05, 0) is 23.1 Å². The quantitative estimate of drug-likeness (QED) is 0.694. The molecule has 2 rings (SSSR count). The zero-order chi connectivity index (χ0) is 17.4. The van der Waals surface area contributed by atoms with Crippen molar-refractivity contribution in [3.63, 3.8) is 0 Å². The highest BCUT2D eigenvalue weighted by molar-refractivity contribution is 5.73. The van der Waals surface area contributed by atoms with E-state index in [2.05, 4.69) is 15.7 Å². The summed E-state index contributed by atoms with van der Waals surface area (Å²) in [4.78, 5) is 11.9. The van der Waals surface area contributed by atoms with Gasteiger partial charge in [0.05, 0.1) is 12.6 Å². The molecule has 0 aliphatic carbocycles. The molecule has 0 fully saturated rings. The van der Waals surface area contributed by atoms with E-state index in [1.807, 2.05) is 55.1 Å². The first kappa shape index (κ1) is 18.0. The molecule has 0 saturated heterocycles. The number of aliphatic hydroxyl groups excluding tert-OH is 1. The predicted octanol–water partition coefficient (Wildman–Crippen LogP) is 2.14. The highest BCUT2D eigenvalue weighted by Gasteiger charge is 2.13. The molecule has 2 aromatic rings. The van der Waals surface area contributed by atoms with Gasteiger partial charge in [0.2, 0.25) is 0 Å². The molecule has 130 valence electrons. The number of aliphatic hydroxyl groups is 1. The second-order valence-electron chi connectivity index (χ2n) is 5.99. The van der Waals surface area contributed by atoms with E-state index >= 15 is 0 Å². The van der Waals surface area contributed by atoms with Crippen molar-refractivity contribution in [3.05, 3.63) is 53.9 Å². The number of rotatable bonds is 8. The molecule has 0 bridgehead atoms. The van der Waals surface area contributed by atoms with Crippen LogP contribution in [0.2, 0.25) is 0 Å². The Morgan fingerprint density at radius 3 is 2.67 bits per heavy atom. The van der Waals surface area contributed by atoms with Crippen LogP contribution in [0.5, 0.6) is 0 Å². The van der Waals surface area contributed by atoms with Crippen LogP contribution < -0.4 is 10.6 Å². The summed E-state index contributed by atoms with van der Waals surface area (Å²) >= 11 is 0. The van der Waals surface area contributed by atoms with E-state index in [9.17, 15) is 9.90 Å². The number of amides is 2. The van der Waals surface area contributed by atoms with Gasteiger partial charge < -0.3 is 15.7 Å². The predicted molar refractivity (Wildman–Crippen MR) is 93.5 cm³/mol. The van der Waals surface area contributed by atoms with Crippen molar-refractivity contribution in [3.8, 4) is 0 Å². The molecule has 6 heteroatoms. The van der Waals surface area contributed by atoms with Crippen LogP contribution in [-0.4, -0.2) is 33.6 Å². The molecule has 24 heavy (non-hydrogen) atoms. The van der Waals surface area contributed by atoms with Gasteiger partial charge in [-0.25, -0.2) is 4.79 Å². The molecule has 6 nitrogen and oxygen atoms in total. The van der Waals surface area contributed by atoms with E-state index in [1.165, 1.54) is 0 Å². The maximum absolute atomic E-state index is 11.9. The smallest absolute Gasteiger partial charge is 0.315 e. The molecule has 1 aromatic heterocycles. The van der Waals surface area contributed by atoms with Crippen LogP contribution in [0.15, 0.2) is 42.7 Å². The first-order valence-electron chi connectivity index (χ1n) is 8.34. The van der Waals surface area contributed by atoms with Crippen LogP contribution in [0, 0.1) is 5.92 Å². The Balaban J connectivity index is 1.84. The Morgan fingerprint density at radius 2 is 2.00 bits per heavy atom. The molecule has 2 atom stereocenters. The highest BCUT2D eigenvalue weighted by atomic mass is 16.3. The average molecular weight is 330 g/mol. The second kappa shape index (κ2) is 9.08. The van der Waals surface area contributed by atoms with Gasteiger partial charge in [-0.1, -0.05) is 44.5 Å². The van der Waals surface area contributed by atoms with Crippen molar-refractivity contribution < 1.29 is 9.90 Å². The summed E-state index contributed by atoms with van der Waals surface area (Å²) in [5.74, 6) is 0.167.